The van der Waals surface area contributed by atoms with Gasteiger partial charge in [0.15, 0.2) is 0 Å². The van der Waals surface area contributed by atoms with E-state index >= 15 is 0 Å². The Balaban J connectivity index is 3.51. The molecule has 0 heterocycles. The van der Waals surface area contributed by atoms with Gasteiger partial charge in [-0.15, -0.1) is 0 Å². The van der Waals surface area contributed by atoms with Crippen molar-refractivity contribution in [3.05, 3.63) is 34.9 Å². The number of benzene rings is 1. The third-order valence-corrected chi connectivity index (χ3v) is 1.91. The van der Waals surface area contributed by atoms with E-state index in [4.69, 9.17) is 10.2 Å². The Morgan fingerprint density at radius 2 is 1.62 bits per heavy atom. The number of rotatable bonds is 3. The molecule has 6 heteroatoms. The van der Waals surface area contributed by atoms with Crippen molar-refractivity contribution < 1.29 is 29.3 Å². The van der Waals surface area contributed by atoms with Gasteiger partial charge in [0.2, 0.25) is 0 Å². The first kappa shape index (κ1) is 11.7. The van der Waals surface area contributed by atoms with Gasteiger partial charge in [-0.25, -0.2) is 14.4 Å². The molecule has 0 radical (unpaired) electrons. The zero-order valence-electron chi connectivity index (χ0n) is 8.26. The van der Waals surface area contributed by atoms with Crippen molar-refractivity contribution in [2.24, 2.45) is 0 Å². The molecule has 1 aromatic carbocycles. The van der Waals surface area contributed by atoms with E-state index in [1.165, 1.54) is 12.1 Å². The largest absolute Gasteiger partial charge is 0.478 e. The van der Waals surface area contributed by atoms with Gasteiger partial charge in [0.25, 0.3) is 0 Å². The van der Waals surface area contributed by atoms with Crippen LogP contribution in [-0.4, -0.2) is 35.2 Å². The molecule has 0 unspecified atom stereocenters. The van der Waals surface area contributed by atoms with Crippen LogP contribution in [0.3, 0.4) is 0 Å². The fraction of sp³-hybridized carbons (Fsp3) is 0.100. The number of ether oxygens (including phenoxy) is 1. The zero-order valence-corrected chi connectivity index (χ0v) is 8.26. The Morgan fingerprint density at radius 3 is 2.06 bits per heavy atom. The van der Waals surface area contributed by atoms with Crippen LogP contribution in [0.5, 0.6) is 0 Å². The standard InChI is InChI=1S/C10H8O6/c1-16-10(15)6-4-2-3-5(8(11)12)7(6)9(13)14/h2-4H,1H3,(H,11,12)(H,13,14). The predicted molar refractivity (Wildman–Crippen MR) is 51.7 cm³/mol. The molecule has 84 valence electrons. The smallest absolute Gasteiger partial charge is 0.338 e. The van der Waals surface area contributed by atoms with E-state index in [0.717, 1.165) is 13.2 Å². The molecule has 0 aliphatic rings. The van der Waals surface area contributed by atoms with Crippen molar-refractivity contribution in [2.45, 2.75) is 0 Å². The first-order chi connectivity index (χ1) is 7.49. The molecule has 0 amide bonds. The number of carboxylic acid groups (broad SMARTS) is 2. The van der Waals surface area contributed by atoms with E-state index in [1.807, 2.05) is 0 Å². The Hall–Kier alpha value is -2.37. The van der Waals surface area contributed by atoms with Crippen LogP contribution in [0.1, 0.15) is 31.1 Å². The van der Waals surface area contributed by atoms with E-state index in [9.17, 15) is 14.4 Å². The minimum Gasteiger partial charge on any atom is -0.478 e. The number of carboxylic acids is 2. The van der Waals surface area contributed by atoms with Crippen LogP contribution >= 0.6 is 0 Å². The highest BCUT2D eigenvalue weighted by Gasteiger charge is 2.23. The van der Waals surface area contributed by atoms with Crippen molar-refractivity contribution in [2.75, 3.05) is 7.11 Å². The highest BCUT2D eigenvalue weighted by atomic mass is 16.5. The summed E-state index contributed by atoms with van der Waals surface area (Å²) in [6, 6.07) is 3.59. The summed E-state index contributed by atoms with van der Waals surface area (Å²) in [5.74, 6) is -3.79. The molecule has 0 atom stereocenters. The molecule has 16 heavy (non-hydrogen) atoms. The van der Waals surface area contributed by atoms with E-state index < -0.39 is 29.0 Å². The Labute approximate surface area is 90.1 Å². The molecule has 0 saturated heterocycles. The predicted octanol–water partition coefficient (Wildman–Crippen LogP) is 0.870. The third-order valence-electron chi connectivity index (χ3n) is 1.91. The molecule has 2 N–H and O–H groups in total. The second kappa shape index (κ2) is 4.43. The number of methoxy groups -OCH3 is 1. The van der Waals surface area contributed by atoms with Gasteiger partial charge in [-0.3, -0.25) is 0 Å². The SMILES string of the molecule is COC(=O)c1cccc(C(=O)O)c1C(=O)O. The van der Waals surface area contributed by atoms with Gasteiger partial charge in [0.1, 0.15) is 0 Å². The summed E-state index contributed by atoms with van der Waals surface area (Å²) in [6.45, 7) is 0. The summed E-state index contributed by atoms with van der Waals surface area (Å²) in [5, 5.41) is 17.6. The highest BCUT2D eigenvalue weighted by molar-refractivity contribution is 6.09. The number of hydrogen-bond donors (Lipinski definition) is 2. The normalized spacial score (nSPS) is 9.56. The average molecular weight is 224 g/mol. The van der Waals surface area contributed by atoms with E-state index in [-0.39, 0.29) is 5.56 Å². The minimum absolute atomic E-state index is 0.282. The third kappa shape index (κ3) is 2.00. The quantitative estimate of drug-likeness (QED) is 0.738. The van der Waals surface area contributed by atoms with Gasteiger partial charge in [-0.05, 0) is 12.1 Å². The average Bonchev–Trinajstić information content (AvgIpc) is 2.26. The molecule has 0 saturated carbocycles. The maximum atomic E-state index is 11.2. The second-order valence-corrected chi connectivity index (χ2v) is 2.83. The Kier molecular flexibility index (Phi) is 3.24. The van der Waals surface area contributed by atoms with Crippen LogP contribution in [0, 0.1) is 0 Å². The zero-order chi connectivity index (χ0) is 12.3. The van der Waals surface area contributed by atoms with Gasteiger partial charge in [0.05, 0.1) is 23.8 Å². The maximum Gasteiger partial charge on any atom is 0.338 e. The number of aromatic carboxylic acids is 2. The molecular weight excluding hydrogens is 216 g/mol. The van der Waals surface area contributed by atoms with Crippen LogP contribution in [-0.2, 0) is 4.74 Å². The molecule has 0 aliphatic carbocycles. The lowest BCUT2D eigenvalue weighted by atomic mass is 10.0. The molecule has 1 rings (SSSR count). The number of hydrogen-bond acceptors (Lipinski definition) is 4. The summed E-state index contributed by atoms with van der Waals surface area (Å²) in [7, 11) is 1.08. The first-order valence-electron chi connectivity index (χ1n) is 4.17. The lowest BCUT2D eigenvalue weighted by molar-refractivity contribution is 0.0580. The van der Waals surface area contributed by atoms with Crippen molar-refractivity contribution in [3.8, 4) is 0 Å². The maximum absolute atomic E-state index is 11.2. The van der Waals surface area contributed by atoms with Gasteiger partial charge in [0, 0.05) is 0 Å². The van der Waals surface area contributed by atoms with E-state index in [2.05, 4.69) is 4.74 Å². The minimum atomic E-state index is -1.49. The molecular formula is C10H8O6. The number of esters is 1. The number of carbonyl (C=O) groups excluding carboxylic acids is 1. The molecule has 0 spiro atoms. The molecule has 0 aliphatic heterocycles. The summed E-state index contributed by atoms with van der Waals surface area (Å²) >= 11 is 0. The van der Waals surface area contributed by atoms with Gasteiger partial charge in [-0.1, -0.05) is 6.07 Å². The second-order valence-electron chi connectivity index (χ2n) is 2.83. The number of carbonyl (C=O) groups is 3. The van der Waals surface area contributed by atoms with Crippen LogP contribution in [0.15, 0.2) is 18.2 Å². The van der Waals surface area contributed by atoms with Crippen LogP contribution < -0.4 is 0 Å². The molecule has 0 fully saturated rings. The molecule has 1 aromatic rings. The topological polar surface area (TPSA) is 101 Å². The summed E-state index contributed by atoms with van der Waals surface area (Å²) in [5.41, 5.74) is -1.30. The van der Waals surface area contributed by atoms with Gasteiger partial charge < -0.3 is 14.9 Å². The fourth-order valence-corrected chi connectivity index (χ4v) is 1.24. The van der Waals surface area contributed by atoms with Crippen molar-refractivity contribution in [1.82, 2.24) is 0 Å². The van der Waals surface area contributed by atoms with E-state index in [0.29, 0.717) is 0 Å². The van der Waals surface area contributed by atoms with Crippen LogP contribution in [0.2, 0.25) is 0 Å². The molecule has 0 aromatic heterocycles. The summed E-state index contributed by atoms with van der Waals surface area (Å²) in [4.78, 5) is 32.9. The summed E-state index contributed by atoms with van der Waals surface area (Å²) in [6.07, 6.45) is 0. The first-order valence-corrected chi connectivity index (χ1v) is 4.17. The fourth-order valence-electron chi connectivity index (χ4n) is 1.24. The van der Waals surface area contributed by atoms with Crippen molar-refractivity contribution >= 4 is 17.9 Å². The lowest BCUT2D eigenvalue weighted by Crippen LogP contribution is -2.15. The Morgan fingerprint density at radius 1 is 1.06 bits per heavy atom. The molecule has 6 nitrogen and oxygen atoms in total. The van der Waals surface area contributed by atoms with Crippen LogP contribution in [0.25, 0.3) is 0 Å². The van der Waals surface area contributed by atoms with Crippen molar-refractivity contribution in [3.63, 3.8) is 0 Å². The highest BCUT2D eigenvalue weighted by Crippen LogP contribution is 2.16. The monoisotopic (exact) mass is 224 g/mol. The van der Waals surface area contributed by atoms with Crippen LogP contribution in [0.4, 0.5) is 0 Å². The molecule has 0 bridgehead atoms. The van der Waals surface area contributed by atoms with E-state index in [1.54, 1.807) is 0 Å². The van der Waals surface area contributed by atoms with Gasteiger partial charge >= 0.3 is 17.9 Å². The van der Waals surface area contributed by atoms with Crippen molar-refractivity contribution in [1.29, 1.82) is 0 Å². The lowest BCUT2D eigenvalue weighted by Gasteiger charge is -2.06. The summed E-state index contributed by atoms with van der Waals surface area (Å²) < 4.78 is 4.37. The Bertz CT molecular complexity index is 462. The van der Waals surface area contributed by atoms with Gasteiger partial charge in [-0.2, -0.15) is 0 Å².